The van der Waals surface area contributed by atoms with Gasteiger partial charge in [0, 0.05) is 59.8 Å². The maximum absolute atomic E-state index is 12.3. The van der Waals surface area contributed by atoms with Crippen molar-refractivity contribution in [1.29, 1.82) is 0 Å². The number of hydrogen-bond donors (Lipinski definition) is 1. The third kappa shape index (κ3) is 10.1. The number of benzene rings is 3. The molecule has 5 aromatic rings. The number of carbonyl (C=O) groups is 1. The summed E-state index contributed by atoms with van der Waals surface area (Å²) in [5.74, 6) is 0.576. The second kappa shape index (κ2) is 17.1. The third-order valence-corrected chi connectivity index (χ3v) is 10.7. The first-order chi connectivity index (χ1) is 24.3. The fourth-order valence-corrected chi connectivity index (χ4v) is 6.24. The number of rotatable bonds is 10. The molecular weight excluding hydrogens is 819 g/mol. The summed E-state index contributed by atoms with van der Waals surface area (Å²) in [5.41, 5.74) is 5.77. The fourth-order valence-electron chi connectivity index (χ4n) is 6.24. The van der Waals surface area contributed by atoms with Gasteiger partial charge in [-0.15, -0.1) is 29.1 Å². The minimum absolute atomic E-state index is 0. The number of aliphatic hydroxyl groups excluding tert-OH is 1. The normalized spacial score (nSPS) is 13.2. The van der Waals surface area contributed by atoms with Gasteiger partial charge in [-0.25, -0.2) is 0 Å². The van der Waals surface area contributed by atoms with Gasteiger partial charge in [0.1, 0.15) is 17.1 Å². The van der Waals surface area contributed by atoms with E-state index in [1.165, 1.54) is 16.5 Å². The first-order valence-corrected chi connectivity index (χ1v) is 18.7. The van der Waals surface area contributed by atoms with Gasteiger partial charge >= 0.3 is 0 Å². The Balaban J connectivity index is 0.000000342. The molecule has 0 atom stereocenters. The number of furan rings is 1. The molecule has 0 saturated heterocycles. The van der Waals surface area contributed by atoms with Gasteiger partial charge in [-0.05, 0) is 72.8 Å². The SMILES string of the molecule is CC(C)(C)Cc1ccc2oc(-c3ccnc(-c4[c-]c5ccccc5c(C(C)(C)C)c4)c3)cc2c1.[2H]/C(C(=O)C(C)(CC)CC)=C(/O)C(C)(CC)CC.[Ir]. The molecular formula is C47H60IrNO3-. The molecule has 0 aliphatic rings. The number of aliphatic hydroxyl groups is 1. The number of aromatic nitrogens is 1. The van der Waals surface area contributed by atoms with Gasteiger partial charge in [0.2, 0.25) is 0 Å². The molecule has 281 valence electrons. The summed E-state index contributed by atoms with van der Waals surface area (Å²) in [7, 11) is 0. The van der Waals surface area contributed by atoms with E-state index < -0.39 is 10.8 Å². The topological polar surface area (TPSA) is 63.3 Å². The molecule has 0 spiro atoms. The fraction of sp³-hybridized carbons (Fsp3) is 0.447. The standard InChI is InChI=1S/C32H32NO.C15H28O2.Ir/c1-31(2,3)20-21-11-12-29-25(15-21)19-30(34-29)23-13-14-33-28(18-23)24-16-22-9-7-8-10-26(22)27(17-24)32(4,5)6;1-7-14(5,8-2)12(16)11-13(17)15(6,9-3)10-4;/h7-15,17-19H,20H2,1-6H3;11,16H,7-10H2,1-6H3;/q-1;;/b;12-11-;/i;11D;. The van der Waals surface area contributed by atoms with E-state index in [1.54, 1.807) is 0 Å². The van der Waals surface area contributed by atoms with Crippen LogP contribution in [0, 0.1) is 22.3 Å². The molecule has 5 heteroatoms. The average molecular weight is 880 g/mol. The molecule has 2 heterocycles. The van der Waals surface area contributed by atoms with E-state index in [0.717, 1.165) is 58.2 Å². The minimum atomic E-state index is -0.534. The van der Waals surface area contributed by atoms with Crippen LogP contribution in [-0.2, 0) is 36.7 Å². The van der Waals surface area contributed by atoms with Gasteiger partial charge in [-0.3, -0.25) is 9.78 Å². The zero-order valence-corrected chi connectivity index (χ0v) is 35.9. The summed E-state index contributed by atoms with van der Waals surface area (Å²) in [4.78, 5) is 17.0. The Kier molecular flexibility index (Phi) is 13.5. The first-order valence-electron chi connectivity index (χ1n) is 19.2. The van der Waals surface area contributed by atoms with Crippen LogP contribution in [-0.4, -0.2) is 15.9 Å². The predicted octanol–water partition coefficient (Wildman–Crippen LogP) is 13.6. The van der Waals surface area contributed by atoms with Crippen LogP contribution >= 0.6 is 0 Å². The van der Waals surface area contributed by atoms with Crippen molar-refractivity contribution < 1.29 is 35.8 Å². The number of ketones is 1. The van der Waals surface area contributed by atoms with Crippen LogP contribution < -0.4 is 0 Å². The molecule has 0 amide bonds. The molecule has 1 N–H and O–H groups in total. The molecule has 52 heavy (non-hydrogen) atoms. The molecule has 3 aromatic carbocycles. The van der Waals surface area contributed by atoms with Gasteiger partial charge in [0.25, 0.3) is 0 Å². The number of allylic oxidation sites excluding steroid dienone is 2. The van der Waals surface area contributed by atoms with Gasteiger partial charge < -0.3 is 9.52 Å². The molecule has 4 nitrogen and oxygen atoms in total. The zero-order valence-electron chi connectivity index (χ0n) is 34.5. The Bertz CT molecular complexity index is 2050. The Hall–Kier alpha value is -3.53. The van der Waals surface area contributed by atoms with Crippen LogP contribution in [0.1, 0.15) is 121 Å². The monoisotopic (exact) mass is 880 g/mol. The van der Waals surface area contributed by atoms with E-state index in [0.29, 0.717) is 12.8 Å². The maximum atomic E-state index is 12.3. The van der Waals surface area contributed by atoms with Crippen molar-refractivity contribution in [2.45, 2.75) is 121 Å². The Labute approximate surface area is 328 Å². The smallest absolute Gasteiger partial charge is 0.164 e. The van der Waals surface area contributed by atoms with Crippen molar-refractivity contribution in [3.05, 3.63) is 102 Å². The first kappa shape index (κ1) is 41.2. The Morgan fingerprint density at radius 3 is 2.08 bits per heavy atom. The molecule has 0 unspecified atom stereocenters. The van der Waals surface area contributed by atoms with Crippen LogP contribution in [0.3, 0.4) is 0 Å². The summed E-state index contributed by atoms with van der Waals surface area (Å²) >= 11 is 0. The van der Waals surface area contributed by atoms with E-state index >= 15 is 0 Å². The van der Waals surface area contributed by atoms with E-state index in [4.69, 9.17) is 10.8 Å². The van der Waals surface area contributed by atoms with Crippen LogP contribution in [0.2, 0.25) is 0 Å². The molecule has 5 rings (SSSR count). The number of nitrogens with zero attached hydrogens (tertiary/aromatic N) is 1. The van der Waals surface area contributed by atoms with Gasteiger partial charge in [-0.2, -0.15) is 0 Å². The van der Waals surface area contributed by atoms with E-state index in [2.05, 4.69) is 108 Å². The summed E-state index contributed by atoms with van der Waals surface area (Å²) < 4.78 is 14.2. The number of pyridine rings is 1. The van der Waals surface area contributed by atoms with Crippen molar-refractivity contribution in [1.82, 2.24) is 4.98 Å². The van der Waals surface area contributed by atoms with Crippen LogP contribution in [0.4, 0.5) is 0 Å². The average Bonchev–Trinajstić information content (AvgIpc) is 3.55. The van der Waals surface area contributed by atoms with Gasteiger partial charge in [0.15, 0.2) is 5.78 Å². The van der Waals surface area contributed by atoms with Crippen molar-refractivity contribution in [2.24, 2.45) is 16.2 Å². The summed E-state index contributed by atoms with van der Waals surface area (Å²) in [6.07, 6.45) is 5.72. The van der Waals surface area contributed by atoms with Crippen LogP contribution in [0.15, 0.2) is 89.2 Å². The van der Waals surface area contributed by atoms with Gasteiger partial charge in [0.05, 0.1) is 1.37 Å². The summed E-state index contributed by atoms with van der Waals surface area (Å²) in [6, 6.07) is 26.9. The van der Waals surface area contributed by atoms with E-state index in [-0.39, 0.29) is 48.5 Å². The van der Waals surface area contributed by atoms with Crippen LogP contribution in [0.5, 0.6) is 0 Å². The second-order valence-electron chi connectivity index (χ2n) is 16.9. The predicted molar refractivity (Wildman–Crippen MR) is 216 cm³/mol. The van der Waals surface area contributed by atoms with Crippen LogP contribution in [0.25, 0.3) is 44.3 Å². The van der Waals surface area contributed by atoms with Gasteiger partial charge in [-0.1, -0.05) is 124 Å². The minimum Gasteiger partial charge on any atom is -0.512 e. The third-order valence-electron chi connectivity index (χ3n) is 10.7. The number of hydrogen-bond acceptors (Lipinski definition) is 4. The second-order valence-corrected chi connectivity index (χ2v) is 16.9. The molecule has 0 aliphatic heterocycles. The van der Waals surface area contributed by atoms with Crippen molar-refractivity contribution in [3.8, 4) is 22.6 Å². The number of carbonyl (C=O) groups excluding carboxylic acids is 1. The molecule has 2 aromatic heterocycles. The van der Waals surface area contributed by atoms with Crippen molar-refractivity contribution in [2.75, 3.05) is 0 Å². The largest absolute Gasteiger partial charge is 0.512 e. The molecule has 0 aliphatic carbocycles. The van der Waals surface area contributed by atoms with E-state index in [1.807, 2.05) is 53.8 Å². The maximum Gasteiger partial charge on any atom is 0.164 e. The Morgan fingerprint density at radius 1 is 0.846 bits per heavy atom. The molecule has 0 fully saturated rings. The summed E-state index contributed by atoms with van der Waals surface area (Å²) in [5, 5.41) is 13.7. The van der Waals surface area contributed by atoms with E-state index in [9.17, 15) is 9.90 Å². The Morgan fingerprint density at radius 2 is 1.48 bits per heavy atom. The quantitative estimate of drug-likeness (QED) is 0.0862. The molecule has 0 saturated carbocycles. The van der Waals surface area contributed by atoms with Crippen molar-refractivity contribution >= 4 is 27.5 Å². The molecule has 1 radical (unpaired) electrons. The zero-order chi connectivity index (χ0) is 38.6. The summed E-state index contributed by atoms with van der Waals surface area (Å²) in [6.45, 7) is 25.2. The van der Waals surface area contributed by atoms with Crippen molar-refractivity contribution in [3.63, 3.8) is 0 Å². The molecule has 0 bridgehead atoms. The number of fused-ring (bicyclic) bond motifs is 2.